The Morgan fingerprint density at radius 3 is 3.05 bits per heavy atom. The monoisotopic (exact) mass is 341 g/mol. The summed E-state index contributed by atoms with van der Waals surface area (Å²) in [5.74, 6) is 1.77. The van der Waals surface area contributed by atoms with E-state index in [0.717, 1.165) is 42.0 Å². The van der Waals surface area contributed by atoms with Gasteiger partial charge in [-0.3, -0.25) is 4.79 Å². The van der Waals surface area contributed by atoms with Crippen LogP contribution in [0.1, 0.15) is 19.8 Å². The molecule has 1 amide bonds. The SMILES string of the molecule is CCNc1ncnc(N2CCCC(C(=O)NC)C2)c1Br. The van der Waals surface area contributed by atoms with Crippen LogP contribution in [-0.2, 0) is 4.79 Å². The van der Waals surface area contributed by atoms with Gasteiger partial charge in [-0.25, -0.2) is 9.97 Å². The van der Waals surface area contributed by atoms with E-state index in [1.54, 1.807) is 13.4 Å². The predicted octanol–water partition coefficient (Wildman–Crippen LogP) is 1.63. The average molecular weight is 342 g/mol. The van der Waals surface area contributed by atoms with Gasteiger partial charge in [0.05, 0.1) is 5.92 Å². The third kappa shape index (κ3) is 3.20. The highest BCUT2D eigenvalue weighted by atomic mass is 79.9. The molecule has 2 rings (SSSR count). The van der Waals surface area contributed by atoms with Crippen LogP contribution in [0.5, 0.6) is 0 Å². The first-order valence-electron chi connectivity index (χ1n) is 6.88. The molecule has 1 aromatic heterocycles. The molecule has 1 aliphatic heterocycles. The van der Waals surface area contributed by atoms with Crippen molar-refractivity contribution in [3.05, 3.63) is 10.8 Å². The van der Waals surface area contributed by atoms with E-state index in [-0.39, 0.29) is 11.8 Å². The molecule has 110 valence electrons. The van der Waals surface area contributed by atoms with Crippen LogP contribution in [0, 0.1) is 5.92 Å². The number of hydrogen-bond acceptors (Lipinski definition) is 5. The van der Waals surface area contributed by atoms with Gasteiger partial charge in [0.1, 0.15) is 22.4 Å². The summed E-state index contributed by atoms with van der Waals surface area (Å²) in [5.41, 5.74) is 0. The third-order valence-corrected chi connectivity index (χ3v) is 4.18. The molecule has 0 saturated carbocycles. The Bertz CT molecular complexity index is 482. The minimum Gasteiger partial charge on any atom is -0.369 e. The van der Waals surface area contributed by atoms with Crippen LogP contribution in [-0.4, -0.2) is 42.6 Å². The van der Waals surface area contributed by atoms with Crippen molar-refractivity contribution in [2.24, 2.45) is 5.92 Å². The molecule has 0 radical (unpaired) electrons. The second-order valence-electron chi connectivity index (χ2n) is 4.79. The first kappa shape index (κ1) is 15.0. The number of nitrogens with zero attached hydrogens (tertiary/aromatic N) is 3. The molecule has 1 atom stereocenters. The summed E-state index contributed by atoms with van der Waals surface area (Å²) in [4.78, 5) is 22.5. The van der Waals surface area contributed by atoms with Crippen LogP contribution in [0.25, 0.3) is 0 Å². The number of rotatable bonds is 4. The Morgan fingerprint density at radius 1 is 1.55 bits per heavy atom. The van der Waals surface area contributed by atoms with Gasteiger partial charge < -0.3 is 15.5 Å². The van der Waals surface area contributed by atoms with Crippen molar-refractivity contribution in [2.45, 2.75) is 19.8 Å². The zero-order valence-corrected chi connectivity index (χ0v) is 13.4. The topological polar surface area (TPSA) is 70.2 Å². The zero-order valence-electron chi connectivity index (χ0n) is 11.8. The maximum absolute atomic E-state index is 11.8. The molecule has 6 nitrogen and oxygen atoms in total. The molecular weight excluding hydrogens is 322 g/mol. The fourth-order valence-corrected chi connectivity index (χ4v) is 3.06. The molecule has 1 unspecified atom stereocenters. The Hall–Kier alpha value is -1.37. The summed E-state index contributed by atoms with van der Waals surface area (Å²) in [6, 6.07) is 0. The average Bonchev–Trinajstić information content (AvgIpc) is 2.49. The highest BCUT2D eigenvalue weighted by molar-refractivity contribution is 9.10. The molecule has 0 aromatic carbocycles. The molecule has 1 fully saturated rings. The van der Waals surface area contributed by atoms with Crippen LogP contribution in [0.4, 0.5) is 11.6 Å². The fourth-order valence-electron chi connectivity index (χ4n) is 2.46. The number of carbonyl (C=O) groups excluding carboxylic acids is 1. The first-order valence-corrected chi connectivity index (χ1v) is 7.67. The number of hydrogen-bond donors (Lipinski definition) is 2. The Kier molecular flexibility index (Phi) is 5.17. The summed E-state index contributed by atoms with van der Waals surface area (Å²) in [6.45, 7) is 4.43. The van der Waals surface area contributed by atoms with Crippen LogP contribution in [0.15, 0.2) is 10.8 Å². The summed E-state index contributed by atoms with van der Waals surface area (Å²) >= 11 is 3.56. The van der Waals surface area contributed by atoms with Gasteiger partial charge in [0.25, 0.3) is 0 Å². The van der Waals surface area contributed by atoms with Crippen molar-refractivity contribution in [1.82, 2.24) is 15.3 Å². The maximum atomic E-state index is 11.8. The van der Waals surface area contributed by atoms with Gasteiger partial charge >= 0.3 is 0 Å². The Morgan fingerprint density at radius 2 is 2.35 bits per heavy atom. The summed E-state index contributed by atoms with van der Waals surface area (Å²) < 4.78 is 0.861. The van der Waals surface area contributed by atoms with Crippen LogP contribution in [0.2, 0.25) is 0 Å². The van der Waals surface area contributed by atoms with Gasteiger partial charge in [-0.15, -0.1) is 0 Å². The lowest BCUT2D eigenvalue weighted by Crippen LogP contribution is -2.42. The van der Waals surface area contributed by atoms with E-state index in [9.17, 15) is 4.79 Å². The molecule has 0 bridgehead atoms. The molecule has 20 heavy (non-hydrogen) atoms. The van der Waals surface area contributed by atoms with E-state index >= 15 is 0 Å². The van der Waals surface area contributed by atoms with Crippen LogP contribution in [0.3, 0.4) is 0 Å². The molecule has 1 saturated heterocycles. The predicted molar refractivity (Wildman–Crippen MR) is 82.9 cm³/mol. The quantitative estimate of drug-likeness (QED) is 0.871. The van der Waals surface area contributed by atoms with E-state index in [4.69, 9.17) is 0 Å². The zero-order chi connectivity index (χ0) is 14.5. The number of anilines is 2. The molecule has 1 aliphatic rings. The second-order valence-corrected chi connectivity index (χ2v) is 5.58. The largest absolute Gasteiger partial charge is 0.369 e. The number of nitrogens with one attached hydrogen (secondary N) is 2. The van der Waals surface area contributed by atoms with Gasteiger partial charge in [0.15, 0.2) is 0 Å². The minimum atomic E-state index is 0.0261. The second kappa shape index (κ2) is 6.88. The summed E-state index contributed by atoms with van der Waals surface area (Å²) in [5, 5.41) is 5.93. The molecule has 2 N–H and O–H groups in total. The molecule has 0 spiro atoms. The lowest BCUT2D eigenvalue weighted by molar-refractivity contribution is -0.124. The summed E-state index contributed by atoms with van der Waals surface area (Å²) in [6.07, 6.45) is 3.48. The van der Waals surface area contributed by atoms with Crippen molar-refractivity contribution < 1.29 is 4.79 Å². The van der Waals surface area contributed by atoms with E-state index in [1.807, 2.05) is 6.92 Å². The smallest absolute Gasteiger partial charge is 0.224 e. The number of amides is 1. The van der Waals surface area contributed by atoms with Crippen molar-refractivity contribution in [1.29, 1.82) is 0 Å². The highest BCUT2D eigenvalue weighted by Crippen LogP contribution is 2.32. The Balaban J connectivity index is 2.18. The van der Waals surface area contributed by atoms with E-state index < -0.39 is 0 Å². The van der Waals surface area contributed by atoms with Crippen molar-refractivity contribution in [2.75, 3.05) is 36.9 Å². The molecule has 0 aliphatic carbocycles. The number of halogens is 1. The third-order valence-electron chi connectivity index (χ3n) is 3.45. The van der Waals surface area contributed by atoms with Gasteiger partial charge in [0.2, 0.25) is 5.91 Å². The van der Waals surface area contributed by atoms with E-state index in [2.05, 4.69) is 41.4 Å². The standard InChI is InChI=1S/C13H20BrN5O/c1-3-16-11-10(14)12(18-8-17-11)19-6-4-5-9(7-19)13(20)15-2/h8-9H,3-7H2,1-2H3,(H,15,20)(H,16,17,18). The lowest BCUT2D eigenvalue weighted by atomic mass is 9.97. The van der Waals surface area contributed by atoms with Gasteiger partial charge in [-0.1, -0.05) is 0 Å². The van der Waals surface area contributed by atoms with Gasteiger partial charge in [-0.2, -0.15) is 0 Å². The van der Waals surface area contributed by atoms with E-state index in [1.165, 1.54) is 0 Å². The normalized spacial score (nSPS) is 18.8. The highest BCUT2D eigenvalue weighted by Gasteiger charge is 2.27. The van der Waals surface area contributed by atoms with E-state index in [0.29, 0.717) is 6.54 Å². The van der Waals surface area contributed by atoms with Crippen molar-refractivity contribution >= 4 is 33.5 Å². The molecular formula is C13H20BrN5O. The lowest BCUT2D eigenvalue weighted by Gasteiger charge is -2.33. The van der Waals surface area contributed by atoms with Gasteiger partial charge in [0, 0.05) is 26.7 Å². The molecule has 2 heterocycles. The van der Waals surface area contributed by atoms with Crippen molar-refractivity contribution in [3.63, 3.8) is 0 Å². The Labute approximate surface area is 127 Å². The number of carbonyl (C=O) groups is 1. The molecule has 7 heteroatoms. The van der Waals surface area contributed by atoms with Crippen molar-refractivity contribution in [3.8, 4) is 0 Å². The van der Waals surface area contributed by atoms with Crippen LogP contribution < -0.4 is 15.5 Å². The number of piperidine rings is 1. The minimum absolute atomic E-state index is 0.0261. The fraction of sp³-hybridized carbons (Fsp3) is 0.615. The molecule has 1 aromatic rings. The van der Waals surface area contributed by atoms with Gasteiger partial charge in [-0.05, 0) is 35.7 Å². The summed E-state index contributed by atoms with van der Waals surface area (Å²) in [7, 11) is 1.69. The van der Waals surface area contributed by atoms with Crippen LogP contribution >= 0.6 is 15.9 Å². The number of aromatic nitrogens is 2. The maximum Gasteiger partial charge on any atom is 0.224 e. The first-order chi connectivity index (χ1) is 9.67.